The number of carbonyl (C=O) groups excluding carboxylic acids is 2. The Hall–Kier alpha value is -1.27. The largest absolute Gasteiger partial charge is 0.481 e. The molecule has 0 aromatic carbocycles. The molecule has 0 unspecified atom stereocenters. The van der Waals surface area contributed by atoms with Crippen molar-refractivity contribution in [1.29, 1.82) is 0 Å². The molecule has 17 heavy (non-hydrogen) atoms. The molecule has 6 heteroatoms. The van der Waals surface area contributed by atoms with Crippen LogP contribution >= 0.6 is 0 Å². The van der Waals surface area contributed by atoms with Crippen molar-refractivity contribution in [3.05, 3.63) is 0 Å². The molecule has 0 aliphatic heterocycles. The van der Waals surface area contributed by atoms with E-state index >= 15 is 0 Å². The topological polar surface area (TPSA) is 116 Å². The fourth-order valence-corrected chi connectivity index (χ4v) is 0.815. The van der Waals surface area contributed by atoms with Crippen LogP contribution in [0.1, 0.15) is 38.5 Å². The Kier molecular flexibility index (Phi) is 25.0. The summed E-state index contributed by atoms with van der Waals surface area (Å²) < 4.78 is 4.69. The average molecular weight is 249 g/mol. The van der Waals surface area contributed by atoms with Crippen LogP contribution in [0.2, 0.25) is 0 Å². The van der Waals surface area contributed by atoms with Gasteiger partial charge in [-0.3, -0.25) is 4.79 Å². The first kappa shape index (κ1) is 21.1. The summed E-state index contributed by atoms with van der Waals surface area (Å²) in [7, 11) is 1.63. The molecule has 0 amide bonds. The molecule has 0 spiro atoms. The third-order valence-electron chi connectivity index (χ3n) is 1.63. The maximum Gasteiger partial charge on any atom is 0.303 e. The monoisotopic (exact) mass is 249 g/mol. The Morgan fingerprint density at radius 3 is 2.06 bits per heavy atom. The zero-order valence-electron chi connectivity index (χ0n) is 10.4. The zero-order chi connectivity index (χ0) is 12.6. The standard InChI is InChI=1S/C6H10O3.C5H10O2.H3N/c7-5-3-1-2-4-6(8)9;1-7-5-3-2-4-6;/h5H,1-4H2,(H,8,9);4H,2-3,5H2,1H3;1H3. The average Bonchev–Trinajstić information content (AvgIpc) is 2.26. The van der Waals surface area contributed by atoms with Gasteiger partial charge in [0.25, 0.3) is 0 Å². The van der Waals surface area contributed by atoms with Crippen LogP contribution in [-0.2, 0) is 19.1 Å². The van der Waals surface area contributed by atoms with Gasteiger partial charge in [0.2, 0.25) is 0 Å². The van der Waals surface area contributed by atoms with Gasteiger partial charge in [-0.15, -0.1) is 0 Å². The lowest BCUT2D eigenvalue weighted by Gasteiger charge is -1.89. The Balaban J connectivity index is -0.000000224. The molecule has 0 radical (unpaired) electrons. The van der Waals surface area contributed by atoms with Gasteiger partial charge in [0, 0.05) is 33.0 Å². The Bertz CT molecular complexity index is 185. The molecular weight excluding hydrogens is 226 g/mol. The van der Waals surface area contributed by atoms with E-state index in [2.05, 4.69) is 4.74 Å². The highest BCUT2D eigenvalue weighted by Crippen LogP contribution is 1.96. The summed E-state index contributed by atoms with van der Waals surface area (Å²) in [6.45, 7) is 0.693. The number of methoxy groups -OCH3 is 1. The molecule has 0 bridgehead atoms. The predicted molar refractivity (Wildman–Crippen MR) is 64.4 cm³/mol. The molecule has 0 rings (SSSR count). The maximum absolute atomic E-state index is 9.87. The van der Waals surface area contributed by atoms with E-state index in [1.54, 1.807) is 7.11 Å². The third-order valence-corrected chi connectivity index (χ3v) is 1.63. The number of unbranched alkanes of at least 4 members (excludes halogenated alkanes) is 3. The van der Waals surface area contributed by atoms with Crippen LogP contribution in [0.4, 0.5) is 0 Å². The van der Waals surface area contributed by atoms with Crippen LogP contribution in [0.15, 0.2) is 0 Å². The van der Waals surface area contributed by atoms with Gasteiger partial charge in [-0.25, -0.2) is 0 Å². The van der Waals surface area contributed by atoms with Crippen molar-refractivity contribution in [2.24, 2.45) is 0 Å². The first-order valence-corrected chi connectivity index (χ1v) is 5.27. The van der Waals surface area contributed by atoms with E-state index in [0.29, 0.717) is 32.3 Å². The third kappa shape index (κ3) is 31.3. The van der Waals surface area contributed by atoms with Crippen molar-refractivity contribution in [2.45, 2.75) is 38.5 Å². The number of hydrogen-bond donors (Lipinski definition) is 2. The first-order chi connectivity index (χ1) is 7.68. The van der Waals surface area contributed by atoms with Crippen molar-refractivity contribution >= 4 is 18.5 Å². The number of carbonyl (C=O) groups is 3. The van der Waals surface area contributed by atoms with E-state index < -0.39 is 5.97 Å². The lowest BCUT2D eigenvalue weighted by atomic mass is 10.2. The number of carboxylic acid groups (broad SMARTS) is 1. The molecule has 0 atom stereocenters. The van der Waals surface area contributed by atoms with Crippen LogP contribution < -0.4 is 6.15 Å². The van der Waals surface area contributed by atoms with Crippen LogP contribution in [0.25, 0.3) is 0 Å². The molecule has 6 nitrogen and oxygen atoms in total. The summed E-state index contributed by atoms with van der Waals surface area (Å²) in [4.78, 5) is 29.2. The summed E-state index contributed by atoms with van der Waals surface area (Å²) in [6, 6.07) is 0. The minimum absolute atomic E-state index is 0. The van der Waals surface area contributed by atoms with E-state index in [1.165, 1.54) is 0 Å². The molecule has 0 aromatic heterocycles. The zero-order valence-corrected chi connectivity index (χ0v) is 10.4. The smallest absolute Gasteiger partial charge is 0.303 e. The number of rotatable bonds is 9. The van der Waals surface area contributed by atoms with Gasteiger partial charge in [-0.2, -0.15) is 0 Å². The fourth-order valence-electron chi connectivity index (χ4n) is 0.815. The molecular formula is C11H23NO5. The SMILES string of the molecule is COCCCC=O.N.O=CCCCCC(=O)O. The normalized spacial score (nSPS) is 8.29. The van der Waals surface area contributed by atoms with E-state index in [0.717, 1.165) is 19.0 Å². The minimum Gasteiger partial charge on any atom is -0.481 e. The lowest BCUT2D eigenvalue weighted by Crippen LogP contribution is -1.93. The lowest BCUT2D eigenvalue weighted by molar-refractivity contribution is -0.137. The minimum atomic E-state index is -0.791. The second kappa shape index (κ2) is 20.2. The van der Waals surface area contributed by atoms with Crippen molar-refractivity contribution in [2.75, 3.05) is 13.7 Å². The molecule has 0 saturated heterocycles. The second-order valence-corrected chi connectivity index (χ2v) is 3.11. The molecule has 0 aliphatic rings. The Morgan fingerprint density at radius 1 is 1.12 bits per heavy atom. The molecule has 0 fully saturated rings. The van der Waals surface area contributed by atoms with E-state index in [1.807, 2.05) is 0 Å². The molecule has 0 saturated carbocycles. The van der Waals surface area contributed by atoms with Crippen LogP contribution in [-0.4, -0.2) is 37.4 Å². The molecule has 4 N–H and O–H groups in total. The summed E-state index contributed by atoms with van der Waals surface area (Å²) in [6.07, 6.45) is 5.12. The fraction of sp³-hybridized carbons (Fsp3) is 0.727. The second-order valence-electron chi connectivity index (χ2n) is 3.11. The van der Waals surface area contributed by atoms with Gasteiger partial charge in [0.05, 0.1) is 0 Å². The van der Waals surface area contributed by atoms with E-state index in [4.69, 9.17) is 5.11 Å². The summed E-state index contributed by atoms with van der Waals surface area (Å²) in [5.41, 5.74) is 0. The van der Waals surface area contributed by atoms with Gasteiger partial charge in [-0.05, 0) is 19.3 Å². The van der Waals surface area contributed by atoms with Crippen LogP contribution in [0.5, 0.6) is 0 Å². The highest BCUT2D eigenvalue weighted by Gasteiger charge is 1.94. The van der Waals surface area contributed by atoms with Crippen molar-refractivity contribution in [1.82, 2.24) is 6.15 Å². The number of ether oxygens (including phenoxy) is 1. The number of aliphatic carboxylic acids is 1. The molecule has 0 heterocycles. The van der Waals surface area contributed by atoms with Crippen LogP contribution in [0.3, 0.4) is 0 Å². The van der Waals surface area contributed by atoms with Gasteiger partial charge < -0.3 is 25.6 Å². The van der Waals surface area contributed by atoms with Gasteiger partial charge >= 0.3 is 5.97 Å². The van der Waals surface area contributed by atoms with Gasteiger partial charge in [0.15, 0.2) is 0 Å². The summed E-state index contributed by atoms with van der Waals surface area (Å²) in [5.74, 6) is -0.791. The first-order valence-electron chi connectivity index (χ1n) is 5.27. The summed E-state index contributed by atoms with van der Waals surface area (Å²) >= 11 is 0. The summed E-state index contributed by atoms with van der Waals surface area (Å²) in [5, 5.41) is 8.12. The molecule has 102 valence electrons. The highest BCUT2D eigenvalue weighted by atomic mass is 16.5. The van der Waals surface area contributed by atoms with Crippen molar-refractivity contribution < 1.29 is 24.2 Å². The number of hydrogen-bond acceptors (Lipinski definition) is 5. The molecule has 0 aliphatic carbocycles. The van der Waals surface area contributed by atoms with Crippen LogP contribution in [0, 0.1) is 0 Å². The van der Waals surface area contributed by atoms with Crippen molar-refractivity contribution in [3.63, 3.8) is 0 Å². The van der Waals surface area contributed by atoms with E-state index in [9.17, 15) is 14.4 Å². The van der Waals surface area contributed by atoms with Gasteiger partial charge in [-0.1, -0.05) is 0 Å². The van der Waals surface area contributed by atoms with Crippen molar-refractivity contribution in [3.8, 4) is 0 Å². The highest BCUT2D eigenvalue weighted by molar-refractivity contribution is 5.66. The molecule has 0 aromatic rings. The number of carboxylic acids is 1. The predicted octanol–water partition coefficient (Wildman–Crippen LogP) is 1.60. The van der Waals surface area contributed by atoms with E-state index in [-0.39, 0.29) is 12.6 Å². The number of aldehydes is 2. The maximum atomic E-state index is 9.87. The quantitative estimate of drug-likeness (QED) is 0.473. The van der Waals surface area contributed by atoms with Gasteiger partial charge in [0.1, 0.15) is 12.6 Å². The Labute approximate surface area is 102 Å². The Morgan fingerprint density at radius 2 is 1.65 bits per heavy atom.